The quantitative estimate of drug-likeness (QED) is 0.339. The van der Waals surface area contributed by atoms with E-state index in [2.05, 4.69) is 25.3 Å². The van der Waals surface area contributed by atoms with Crippen molar-refractivity contribution in [3.05, 3.63) is 89.2 Å². The number of imidazole rings is 1. The van der Waals surface area contributed by atoms with Crippen molar-refractivity contribution in [1.82, 2.24) is 29.9 Å². The second kappa shape index (κ2) is 13.3. The first kappa shape index (κ1) is 28.9. The molecule has 2 aromatic heterocycles. The van der Waals surface area contributed by atoms with E-state index in [9.17, 15) is 4.79 Å². The molecule has 0 saturated carbocycles. The van der Waals surface area contributed by atoms with Gasteiger partial charge in [-0.25, -0.2) is 4.98 Å². The molecule has 1 amide bonds. The summed E-state index contributed by atoms with van der Waals surface area (Å²) in [5, 5.41) is 10.4. The summed E-state index contributed by atoms with van der Waals surface area (Å²) in [6.07, 6.45) is 8.15. The highest BCUT2D eigenvalue weighted by Gasteiger charge is 2.45. The second-order valence-electron chi connectivity index (χ2n) is 9.62. The van der Waals surface area contributed by atoms with Crippen molar-refractivity contribution in [3.63, 3.8) is 0 Å². The average molecular weight is 601 g/mol. The van der Waals surface area contributed by atoms with Crippen LogP contribution in [0.3, 0.4) is 0 Å². The first-order valence-electron chi connectivity index (χ1n) is 13.2. The number of rotatable bonds is 7. The lowest BCUT2D eigenvalue weighted by molar-refractivity contribution is -0.189. The van der Waals surface area contributed by atoms with Crippen LogP contribution in [0.15, 0.2) is 73.6 Å². The third-order valence-corrected chi connectivity index (χ3v) is 7.39. The van der Waals surface area contributed by atoms with Crippen LogP contribution >= 0.6 is 23.2 Å². The fourth-order valence-corrected chi connectivity index (χ4v) is 5.32. The van der Waals surface area contributed by atoms with Crippen molar-refractivity contribution in [3.8, 4) is 5.75 Å². The number of aromatic amines is 1. The number of nitrogens with one attached hydrogen (secondary N) is 1. The molecule has 2 fully saturated rings. The molecular formula is C28H31Cl2N7O4. The number of aromatic nitrogens is 5. The molecule has 1 N–H and O–H groups in total. The van der Waals surface area contributed by atoms with Gasteiger partial charge in [-0.1, -0.05) is 29.3 Å². The minimum absolute atomic E-state index is 0.129. The van der Waals surface area contributed by atoms with Crippen molar-refractivity contribution in [2.45, 2.75) is 25.4 Å². The summed E-state index contributed by atoms with van der Waals surface area (Å²) in [5.41, 5.74) is 1.82. The minimum atomic E-state index is -1.08. The van der Waals surface area contributed by atoms with Gasteiger partial charge in [0.05, 0.1) is 36.9 Å². The molecule has 216 valence electrons. The highest BCUT2D eigenvalue weighted by atomic mass is 35.5. The van der Waals surface area contributed by atoms with E-state index in [4.69, 9.17) is 37.4 Å². The van der Waals surface area contributed by atoms with Crippen LogP contribution in [0.4, 0.5) is 5.69 Å². The molecule has 4 heterocycles. The molecule has 2 aliphatic heterocycles. The van der Waals surface area contributed by atoms with Gasteiger partial charge in [-0.2, -0.15) is 15.4 Å². The predicted octanol–water partition coefficient (Wildman–Crippen LogP) is 4.01. The molecule has 0 aliphatic carbocycles. The number of nitrogens with zero attached hydrogens (tertiary/aromatic N) is 6. The predicted molar refractivity (Wildman–Crippen MR) is 154 cm³/mol. The first-order chi connectivity index (χ1) is 19.9. The van der Waals surface area contributed by atoms with E-state index < -0.39 is 5.79 Å². The van der Waals surface area contributed by atoms with E-state index in [0.717, 1.165) is 37.6 Å². The summed E-state index contributed by atoms with van der Waals surface area (Å²) in [6, 6.07) is 13.3. The number of ether oxygens (including phenoxy) is 3. The minimum Gasteiger partial charge on any atom is -0.491 e. The Hall–Kier alpha value is -3.64. The Kier molecular flexibility index (Phi) is 9.40. The number of carbonyl (C=O) groups excluding carboxylic acids is 1. The molecule has 0 bridgehead atoms. The second-order valence-corrected chi connectivity index (χ2v) is 10.5. The normalized spacial score (nSPS) is 20.4. The van der Waals surface area contributed by atoms with Gasteiger partial charge in [-0.05, 0) is 36.4 Å². The zero-order valence-electron chi connectivity index (χ0n) is 22.5. The highest BCUT2D eigenvalue weighted by molar-refractivity contribution is 6.35. The Bertz CT molecular complexity index is 1360. The van der Waals surface area contributed by atoms with Crippen molar-refractivity contribution in [2.75, 3.05) is 44.3 Å². The van der Waals surface area contributed by atoms with Crippen LogP contribution in [0.2, 0.25) is 10.0 Å². The summed E-state index contributed by atoms with van der Waals surface area (Å²) in [5.74, 6) is -0.201. The van der Waals surface area contributed by atoms with E-state index in [1.54, 1.807) is 44.0 Å². The van der Waals surface area contributed by atoms with Gasteiger partial charge in [-0.15, -0.1) is 0 Å². The summed E-state index contributed by atoms with van der Waals surface area (Å²) in [4.78, 5) is 19.8. The fraction of sp³-hybridized carbons (Fsp3) is 0.357. The molecule has 0 spiro atoms. The lowest BCUT2D eigenvalue weighted by atomic mass is 10.1. The van der Waals surface area contributed by atoms with Crippen LogP contribution < -0.4 is 9.64 Å². The Morgan fingerprint density at radius 1 is 1.07 bits per heavy atom. The number of hydrogen-bond donors (Lipinski definition) is 1. The number of carbonyl (C=O) groups is 1. The smallest absolute Gasteiger partial charge is 0.219 e. The summed E-state index contributed by atoms with van der Waals surface area (Å²) < 4.78 is 20.6. The lowest BCUT2D eigenvalue weighted by Crippen LogP contribution is -2.48. The maximum Gasteiger partial charge on any atom is 0.219 e. The number of hydrogen-bond acceptors (Lipinski definition) is 8. The van der Waals surface area contributed by atoms with E-state index >= 15 is 0 Å². The monoisotopic (exact) mass is 599 g/mol. The molecule has 11 nitrogen and oxygen atoms in total. The number of H-pyrrole nitrogens is 1. The number of halogens is 2. The molecule has 2 saturated heterocycles. The van der Waals surface area contributed by atoms with Gasteiger partial charge in [0.2, 0.25) is 11.7 Å². The molecule has 0 radical (unpaired) electrons. The molecule has 4 aromatic rings. The third-order valence-electron chi connectivity index (χ3n) is 6.84. The molecular weight excluding hydrogens is 569 g/mol. The molecule has 2 atom stereocenters. The SMILES string of the molecule is CC(=O)N1CCN(c2ccc(OC[C@H]3CO[C@](Cn4ccnc4)(c4ccc(Cl)cc4Cl)O3)cc2)CC1.c1cn[nH]n1. The van der Waals surface area contributed by atoms with Crippen LogP contribution in [0, 0.1) is 0 Å². The van der Waals surface area contributed by atoms with Gasteiger partial charge >= 0.3 is 0 Å². The van der Waals surface area contributed by atoms with E-state index in [-0.39, 0.29) is 12.0 Å². The van der Waals surface area contributed by atoms with Gasteiger partial charge in [-0.3, -0.25) is 4.79 Å². The lowest BCUT2D eigenvalue weighted by Gasteiger charge is -2.35. The molecule has 41 heavy (non-hydrogen) atoms. The number of amides is 1. The van der Waals surface area contributed by atoms with Crippen molar-refractivity contribution >= 4 is 34.8 Å². The summed E-state index contributed by atoms with van der Waals surface area (Å²) in [7, 11) is 0. The van der Waals surface area contributed by atoms with Crippen molar-refractivity contribution in [1.29, 1.82) is 0 Å². The van der Waals surface area contributed by atoms with Gasteiger partial charge in [0.1, 0.15) is 18.5 Å². The van der Waals surface area contributed by atoms with Gasteiger partial charge in [0, 0.05) is 61.8 Å². The average Bonchev–Trinajstić information content (AvgIpc) is 3.78. The molecule has 2 aliphatic rings. The standard InChI is InChI=1S/C26H28Cl2N4O4.C2H3N3/c1-19(33)31-10-12-32(13-11-31)21-3-5-22(6-4-21)34-15-23-16-35-26(36-23,17-30-9-8-29-18-30)24-7-2-20(27)14-25(24)28;1-2-4-5-3-1/h2-9,14,18,23H,10-13,15-17H2,1H3;1-2H,(H,3,4,5)/t23-,26-;/m0./s1. The largest absolute Gasteiger partial charge is 0.491 e. The Balaban J connectivity index is 0.000000610. The van der Waals surface area contributed by atoms with Gasteiger partial charge in [0.15, 0.2) is 0 Å². The zero-order chi connectivity index (χ0) is 28.7. The van der Waals surface area contributed by atoms with Crippen LogP contribution in [0.25, 0.3) is 0 Å². The van der Waals surface area contributed by atoms with Crippen LogP contribution in [0.1, 0.15) is 12.5 Å². The van der Waals surface area contributed by atoms with Gasteiger partial charge in [0.25, 0.3) is 0 Å². The zero-order valence-corrected chi connectivity index (χ0v) is 24.0. The molecule has 2 aromatic carbocycles. The highest BCUT2D eigenvalue weighted by Crippen LogP contribution is 2.40. The maximum absolute atomic E-state index is 11.6. The molecule has 0 unspecified atom stereocenters. The van der Waals surface area contributed by atoms with Crippen molar-refractivity contribution in [2.24, 2.45) is 0 Å². The van der Waals surface area contributed by atoms with Crippen molar-refractivity contribution < 1.29 is 19.0 Å². The number of benzene rings is 2. The van der Waals surface area contributed by atoms with E-state index in [1.807, 2.05) is 46.0 Å². The fourth-order valence-electron chi connectivity index (χ4n) is 4.76. The number of piperazine rings is 1. The third kappa shape index (κ3) is 7.36. The van der Waals surface area contributed by atoms with Crippen LogP contribution in [-0.4, -0.2) is 81.3 Å². The van der Waals surface area contributed by atoms with E-state index in [0.29, 0.717) is 35.4 Å². The van der Waals surface area contributed by atoms with Crippen LogP contribution in [0.5, 0.6) is 5.75 Å². The Morgan fingerprint density at radius 3 is 2.44 bits per heavy atom. The van der Waals surface area contributed by atoms with Crippen LogP contribution in [-0.2, 0) is 26.6 Å². The summed E-state index contributed by atoms with van der Waals surface area (Å²) >= 11 is 12.7. The Labute approximate surface area is 247 Å². The summed E-state index contributed by atoms with van der Waals surface area (Å²) in [6.45, 7) is 5.80. The van der Waals surface area contributed by atoms with E-state index in [1.165, 1.54) is 0 Å². The first-order valence-corrected chi connectivity index (χ1v) is 13.9. The molecule has 6 rings (SSSR count). The maximum atomic E-state index is 11.6. The topological polar surface area (TPSA) is 111 Å². The molecule has 13 heteroatoms. The Morgan fingerprint density at radius 2 is 1.83 bits per heavy atom. The number of anilines is 1. The van der Waals surface area contributed by atoms with Gasteiger partial charge < -0.3 is 28.6 Å².